The van der Waals surface area contributed by atoms with Gasteiger partial charge in [0, 0.05) is 0 Å². The molecule has 0 fully saturated rings. The van der Waals surface area contributed by atoms with Gasteiger partial charge < -0.3 is 4.74 Å². The number of rotatable bonds is 3. The number of halogens is 1. The van der Waals surface area contributed by atoms with Gasteiger partial charge in [-0.2, -0.15) is 0 Å². The summed E-state index contributed by atoms with van der Waals surface area (Å²) in [5.74, 6) is 0. The molecule has 2 nitrogen and oxygen atoms in total. The normalized spacial score (nSPS) is 18.0. The van der Waals surface area contributed by atoms with Crippen LogP contribution in [0.15, 0.2) is 0 Å². The van der Waals surface area contributed by atoms with Crippen LogP contribution in [0.5, 0.6) is 0 Å². The van der Waals surface area contributed by atoms with E-state index in [0.717, 1.165) is 0 Å². The third-order valence-corrected chi connectivity index (χ3v) is 0.776. The Labute approximate surface area is 54.4 Å². The largest absolute Gasteiger partial charge is 0.331 e. The van der Waals surface area contributed by atoms with Crippen LogP contribution in [-0.2, 0) is 9.84 Å². The lowest BCUT2D eigenvalue weighted by molar-refractivity contribution is -0.147. The van der Waals surface area contributed by atoms with Gasteiger partial charge >= 0.3 is 0 Å². The molecule has 0 aliphatic heterocycles. The van der Waals surface area contributed by atoms with Gasteiger partial charge in [-0.25, -0.2) is 5.11 Å². The molecule has 0 aromatic rings. The molecule has 1 radical (unpaired) electrons. The van der Waals surface area contributed by atoms with Gasteiger partial charge in [-0.05, 0) is 13.3 Å². The Kier molecular flexibility index (Phi) is 4.23. The Morgan fingerprint density at radius 1 is 1.75 bits per heavy atom. The fourth-order valence-electron chi connectivity index (χ4n) is 0.305. The molecule has 0 bridgehead atoms. The maximum Gasteiger partial charge on any atom is 0.192 e. The maximum atomic E-state index is 10.4. The molecule has 0 saturated heterocycles. The smallest absolute Gasteiger partial charge is 0.192 e. The van der Waals surface area contributed by atoms with Crippen molar-refractivity contribution >= 4 is 11.6 Å². The van der Waals surface area contributed by atoms with Gasteiger partial charge in [0.25, 0.3) is 0 Å². The highest BCUT2D eigenvalue weighted by Crippen LogP contribution is 2.02. The minimum Gasteiger partial charge on any atom is -0.331 e. The van der Waals surface area contributed by atoms with E-state index in [-0.39, 0.29) is 0 Å². The first-order valence-electron chi connectivity index (χ1n) is 2.62. The van der Waals surface area contributed by atoms with E-state index in [4.69, 9.17) is 11.6 Å². The number of hydrogen-bond acceptors (Lipinski definition) is 1. The van der Waals surface area contributed by atoms with E-state index < -0.39 is 11.9 Å². The van der Waals surface area contributed by atoms with Crippen molar-refractivity contribution < 1.29 is 9.84 Å². The lowest BCUT2D eigenvalue weighted by Crippen LogP contribution is -2.12. The van der Waals surface area contributed by atoms with Crippen molar-refractivity contribution in [2.75, 3.05) is 0 Å². The molecule has 0 amide bonds. The highest BCUT2D eigenvalue weighted by atomic mass is 35.5. The number of hydrogen-bond donors (Lipinski definition) is 0. The summed E-state index contributed by atoms with van der Waals surface area (Å²) in [6.07, 6.45) is -0.487. The van der Waals surface area contributed by atoms with Gasteiger partial charge in [0.2, 0.25) is 0 Å². The first-order chi connectivity index (χ1) is 3.66. The van der Waals surface area contributed by atoms with E-state index in [1.165, 1.54) is 0 Å². The van der Waals surface area contributed by atoms with Gasteiger partial charge in [0.15, 0.2) is 6.29 Å². The zero-order chi connectivity index (χ0) is 6.57. The van der Waals surface area contributed by atoms with Crippen molar-refractivity contribution in [1.29, 1.82) is 0 Å². The van der Waals surface area contributed by atoms with Crippen molar-refractivity contribution in [3.63, 3.8) is 0 Å². The molecule has 0 N–H and O–H groups in total. The van der Waals surface area contributed by atoms with Crippen molar-refractivity contribution in [1.82, 2.24) is 0 Å². The Bertz CT molecular complexity index is 56.4. The second-order valence-corrected chi connectivity index (χ2v) is 2.13. The molecular formula is C5H10ClO2. The van der Waals surface area contributed by atoms with Crippen molar-refractivity contribution in [2.24, 2.45) is 0 Å². The Morgan fingerprint density at radius 2 is 2.25 bits per heavy atom. The van der Waals surface area contributed by atoms with Crippen molar-refractivity contribution in [3.8, 4) is 0 Å². The van der Waals surface area contributed by atoms with Crippen LogP contribution in [-0.4, -0.2) is 11.9 Å². The summed E-state index contributed by atoms with van der Waals surface area (Å²) in [5, 5.41) is 10.4. The first-order valence-corrected chi connectivity index (χ1v) is 3.05. The second-order valence-electron chi connectivity index (χ2n) is 1.52. The van der Waals surface area contributed by atoms with Crippen LogP contribution in [0.3, 0.4) is 0 Å². The Hall–Kier alpha value is 0.210. The fourth-order valence-corrected chi connectivity index (χ4v) is 0.420. The average Bonchev–Trinajstić information content (AvgIpc) is 1.65. The molecular weight excluding hydrogens is 128 g/mol. The SMILES string of the molecule is CCC([O])OC(C)Cl. The third kappa shape index (κ3) is 4.37. The molecule has 0 aromatic heterocycles. The van der Waals surface area contributed by atoms with Crippen LogP contribution >= 0.6 is 11.6 Å². The summed E-state index contributed by atoms with van der Waals surface area (Å²) < 4.78 is 4.61. The number of ether oxygens (including phenoxy) is 1. The minimum atomic E-state index is -0.956. The highest BCUT2D eigenvalue weighted by Gasteiger charge is 2.04. The molecule has 8 heavy (non-hydrogen) atoms. The molecule has 0 heterocycles. The molecule has 0 saturated carbocycles. The molecule has 2 unspecified atom stereocenters. The summed E-state index contributed by atoms with van der Waals surface area (Å²) in [6, 6.07) is 0. The lowest BCUT2D eigenvalue weighted by atomic mass is 10.5. The molecule has 3 heteroatoms. The van der Waals surface area contributed by atoms with Gasteiger partial charge in [-0.3, -0.25) is 0 Å². The van der Waals surface area contributed by atoms with Gasteiger partial charge in [-0.15, -0.1) is 0 Å². The zero-order valence-electron chi connectivity index (χ0n) is 5.06. The molecule has 0 aliphatic carbocycles. The molecule has 49 valence electrons. The van der Waals surface area contributed by atoms with Gasteiger partial charge in [-0.1, -0.05) is 18.5 Å². The van der Waals surface area contributed by atoms with Crippen LogP contribution in [0.4, 0.5) is 0 Å². The summed E-state index contributed by atoms with van der Waals surface area (Å²) in [6.45, 7) is 3.39. The van der Waals surface area contributed by atoms with Crippen LogP contribution in [0, 0.1) is 0 Å². The predicted molar refractivity (Wildman–Crippen MR) is 31.2 cm³/mol. The van der Waals surface area contributed by atoms with Crippen LogP contribution < -0.4 is 0 Å². The summed E-state index contributed by atoms with van der Waals surface area (Å²) in [4.78, 5) is 0. The second kappa shape index (κ2) is 4.13. The van der Waals surface area contributed by atoms with Crippen molar-refractivity contribution in [3.05, 3.63) is 0 Å². The molecule has 0 spiro atoms. The molecule has 0 rings (SSSR count). The van der Waals surface area contributed by atoms with E-state index >= 15 is 0 Å². The summed E-state index contributed by atoms with van der Waals surface area (Å²) in [7, 11) is 0. The first kappa shape index (κ1) is 8.21. The van der Waals surface area contributed by atoms with Crippen LogP contribution in [0.25, 0.3) is 0 Å². The third-order valence-electron chi connectivity index (χ3n) is 0.673. The standard InChI is InChI=1S/C5H10ClO2/c1-3-5(7)8-4(2)6/h4-5H,3H2,1-2H3. The summed E-state index contributed by atoms with van der Waals surface area (Å²) >= 11 is 5.33. The summed E-state index contributed by atoms with van der Waals surface area (Å²) in [5.41, 5.74) is -0.461. The van der Waals surface area contributed by atoms with Gasteiger partial charge in [0.05, 0.1) is 0 Å². The quantitative estimate of drug-likeness (QED) is 0.431. The molecule has 2 atom stereocenters. The van der Waals surface area contributed by atoms with Crippen molar-refractivity contribution in [2.45, 2.75) is 32.1 Å². The topological polar surface area (TPSA) is 29.1 Å². The lowest BCUT2D eigenvalue weighted by Gasteiger charge is -2.07. The van der Waals surface area contributed by atoms with Crippen LogP contribution in [0.2, 0.25) is 0 Å². The van der Waals surface area contributed by atoms with E-state index in [9.17, 15) is 5.11 Å². The number of alkyl halides is 1. The monoisotopic (exact) mass is 137 g/mol. The average molecular weight is 138 g/mol. The fraction of sp³-hybridized carbons (Fsp3) is 1.00. The van der Waals surface area contributed by atoms with E-state index in [2.05, 4.69) is 4.74 Å². The minimum absolute atomic E-state index is 0.461. The predicted octanol–water partition coefficient (Wildman–Crippen LogP) is 1.75. The Balaban J connectivity index is 3.10. The van der Waals surface area contributed by atoms with Gasteiger partial charge in [0.1, 0.15) is 5.56 Å². The molecule has 0 aliphatic rings. The van der Waals surface area contributed by atoms with Crippen LogP contribution in [0.1, 0.15) is 20.3 Å². The highest BCUT2D eigenvalue weighted by molar-refractivity contribution is 6.19. The van der Waals surface area contributed by atoms with E-state index in [1.807, 2.05) is 0 Å². The zero-order valence-corrected chi connectivity index (χ0v) is 5.81. The van der Waals surface area contributed by atoms with E-state index in [1.54, 1.807) is 13.8 Å². The Morgan fingerprint density at radius 3 is 2.38 bits per heavy atom. The van der Waals surface area contributed by atoms with E-state index in [0.29, 0.717) is 6.42 Å². The molecule has 0 aromatic carbocycles. The maximum absolute atomic E-state index is 10.4.